The molecule has 0 aliphatic rings. The molecule has 1 aromatic heterocycles. The van der Waals surface area contributed by atoms with Crippen LogP contribution < -0.4 is 0 Å². The molecule has 1 atom stereocenters. The van der Waals surface area contributed by atoms with Crippen LogP contribution in [-0.2, 0) is 19.4 Å². The molecule has 1 heterocycles. The highest BCUT2D eigenvalue weighted by Crippen LogP contribution is 2.28. The van der Waals surface area contributed by atoms with Gasteiger partial charge in [-0.05, 0) is 37.1 Å². The molecule has 1 N–H and O–H groups in total. The maximum atomic E-state index is 10.4. The zero-order chi connectivity index (χ0) is 14.7. The Kier molecular flexibility index (Phi) is 5.24. The van der Waals surface area contributed by atoms with Gasteiger partial charge in [0.05, 0.1) is 11.8 Å². The molecule has 0 aliphatic carbocycles. The number of hydrogen-bond donors (Lipinski definition) is 1. The molecule has 20 heavy (non-hydrogen) atoms. The topological polar surface area (TPSA) is 38.0 Å². The maximum absolute atomic E-state index is 10.4. The van der Waals surface area contributed by atoms with E-state index in [2.05, 4.69) is 40.9 Å². The van der Waals surface area contributed by atoms with Crippen molar-refractivity contribution in [3.8, 4) is 0 Å². The van der Waals surface area contributed by atoms with Gasteiger partial charge in [-0.1, -0.05) is 40.5 Å². The Labute approximate surface area is 132 Å². The normalized spacial score (nSPS) is 12.7. The van der Waals surface area contributed by atoms with Crippen molar-refractivity contribution in [2.75, 3.05) is 0 Å². The third-order valence-corrected chi connectivity index (χ3v) is 4.12. The van der Waals surface area contributed by atoms with E-state index < -0.39 is 6.10 Å². The Morgan fingerprint density at radius 3 is 2.70 bits per heavy atom. The van der Waals surface area contributed by atoms with Crippen LogP contribution in [0.2, 0.25) is 5.02 Å². The minimum absolute atomic E-state index is 0.516. The number of hydrogen-bond acceptors (Lipinski definition) is 2. The number of aliphatic hydroxyl groups excluding tert-OH is 1. The Hall–Kier alpha value is -0.840. The second-order valence-corrected chi connectivity index (χ2v) is 6.00. The Morgan fingerprint density at radius 1 is 1.35 bits per heavy atom. The fraction of sp³-hybridized carbons (Fsp3) is 0.400. The van der Waals surface area contributed by atoms with Crippen LogP contribution >= 0.6 is 27.5 Å². The molecular weight excluding hydrogens is 340 g/mol. The SMILES string of the molecule is CCc1cc(CC(O)c2ccc(Br)cc2Cl)n(CC)n1. The first-order chi connectivity index (χ1) is 9.55. The number of halogens is 2. The van der Waals surface area contributed by atoms with Gasteiger partial charge in [0.25, 0.3) is 0 Å². The van der Waals surface area contributed by atoms with E-state index in [-0.39, 0.29) is 0 Å². The molecule has 0 amide bonds. The summed E-state index contributed by atoms with van der Waals surface area (Å²) in [6.07, 6.45) is 0.791. The van der Waals surface area contributed by atoms with Crippen molar-refractivity contribution in [2.45, 2.75) is 39.3 Å². The minimum atomic E-state index is -0.623. The van der Waals surface area contributed by atoms with Gasteiger partial charge in [-0.25, -0.2) is 0 Å². The molecular formula is C15H18BrClN2O. The molecule has 0 radical (unpaired) electrons. The maximum Gasteiger partial charge on any atom is 0.0859 e. The number of rotatable bonds is 5. The number of benzene rings is 1. The third kappa shape index (κ3) is 3.43. The zero-order valence-electron chi connectivity index (χ0n) is 11.6. The van der Waals surface area contributed by atoms with Gasteiger partial charge < -0.3 is 5.11 Å². The van der Waals surface area contributed by atoms with Gasteiger partial charge >= 0.3 is 0 Å². The van der Waals surface area contributed by atoms with E-state index in [0.29, 0.717) is 11.4 Å². The van der Waals surface area contributed by atoms with Crippen LogP contribution in [-0.4, -0.2) is 14.9 Å². The predicted molar refractivity (Wildman–Crippen MR) is 85.1 cm³/mol. The van der Waals surface area contributed by atoms with Gasteiger partial charge in [0, 0.05) is 28.2 Å². The first-order valence-corrected chi connectivity index (χ1v) is 7.90. The van der Waals surface area contributed by atoms with E-state index in [1.165, 1.54) is 0 Å². The predicted octanol–water partition coefficient (Wildman–Crippen LogP) is 4.16. The van der Waals surface area contributed by atoms with Crippen molar-refractivity contribution >= 4 is 27.5 Å². The average Bonchev–Trinajstić information content (AvgIpc) is 2.80. The summed E-state index contributed by atoms with van der Waals surface area (Å²) in [5, 5.41) is 15.5. The van der Waals surface area contributed by atoms with Gasteiger partial charge in [0.15, 0.2) is 0 Å². The van der Waals surface area contributed by atoms with Gasteiger partial charge in [0.1, 0.15) is 0 Å². The number of aromatic nitrogens is 2. The molecule has 3 nitrogen and oxygen atoms in total. The van der Waals surface area contributed by atoms with Crippen molar-refractivity contribution in [1.82, 2.24) is 9.78 Å². The lowest BCUT2D eigenvalue weighted by molar-refractivity contribution is 0.175. The van der Waals surface area contributed by atoms with E-state index in [0.717, 1.165) is 34.4 Å². The van der Waals surface area contributed by atoms with Crippen LogP contribution in [0.5, 0.6) is 0 Å². The number of aryl methyl sites for hydroxylation is 2. The highest BCUT2D eigenvalue weighted by molar-refractivity contribution is 9.10. The second kappa shape index (κ2) is 6.74. The van der Waals surface area contributed by atoms with Crippen LogP contribution in [0, 0.1) is 0 Å². The van der Waals surface area contributed by atoms with Crippen molar-refractivity contribution < 1.29 is 5.11 Å². The smallest absolute Gasteiger partial charge is 0.0859 e. The lowest BCUT2D eigenvalue weighted by Crippen LogP contribution is -2.08. The van der Waals surface area contributed by atoms with Crippen molar-refractivity contribution in [3.63, 3.8) is 0 Å². The highest BCUT2D eigenvalue weighted by Gasteiger charge is 2.16. The van der Waals surface area contributed by atoms with Crippen LogP contribution in [0.3, 0.4) is 0 Å². The summed E-state index contributed by atoms with van der Waals surface area (Å²) in [7, 11) is 0. The summed E-state index contributed by atoms with van der Waals surface area (Å²) in [5.74, 6) is 0. The molecule has 0 aliphatic heterocycles. The molecule has 0 saturated heterocycles. The molecule has 0 fully saturated rings. The Balaban J connectivity index is 2.22. The summed E-state index contributed by atoms with van der Waals surface area (Å²) in [6.45, 7) is 4.93. The van der Waals surface area contributed by atoms with Gasteiger partial charge in [-0.15, -0.1) is 0 Å². The minimum Gasteiger partial charge on any atom is -0.388 e. The van der Waals surface area contributed by atoms with Crippen molar-refractivity contribution in [3.05, 3.63) is 50.7 Å². The van der Waals surface area contributed by atoms with Crippen molar-refractivity contribution in [2.24, 2.45) is 0 Å². The van der Waals surface area contributed by atoms with Crippen LogP contribution in [0.25, 0.3) is 0 Å². The van der Waals surface area contributed by atoms with Gasteiger partial charge in [-0.3, -0.25) is 4.68 Å². The molecule has 0 bridgehead atoms. The largest absolute Gasteiger partial charge is 0.388 e. The first kappa shape index (κ1) is 15.5. The molecule has 2 aromatic rings. The molecule has 0 saturated carbocycles. The molecule has 2 rings (SSSR count). The number of aliphatic hydroxyl groups is 1. The molecule has 108 valence electrons. The zero-order valence-corrected chi connectivity index (χ0v) is 13.9. The van der Waals surface area contributed by atoms with Crippen LogP contribution in [0.1, 0.15) is 36.9 Å². The van der Waals surface area contributed by atoms with Gasteiger partial charge in [-0.2, -0.15) is 5.10 Å². The summed E-state index contributed by atoms with van der Waals surface area (Å²) in [5.41, 5.74) is 2.84. The average molecular weight is 358 g/mol. The molecule has 1 unspecified atom stereocenters. The third-order valence-electron chi connectivity index (χ3n) is 3.30. The standard InChI is InChI=1S/C15H18BrClN2O/c1-3-11-8-12(19(4-2)18-11)9-15(20)13-6-5-10(16)7-14(13)17/h5-8,15,20H,3-4,9H2,1-2H3. The monoisotopic (exact) mass is 356 g/mol. The summed E-state index contributed by atoms with van der Waals surface area (Å²) in [6, 6.07) is 7.59. The quantitative estimate of drug-likeness (QED) is 0.872. The van der Waals surface area contributed by atoms with E-state index in [1.807, 2.05) is 16.8 Å². The molecule has 0 spiro atoms. The van der Waals surface area contributed by atoms with Gasteiger partial charge in [0.2, 0.25) is 0 Å². The van der Waals surface area contributed by atoms with E-state index in [4.69, 9.17) is 11.6 Å². The number of nitrogens with zero attached hydrogens (tertiary/aromatic N) is 2. The lowest BCUT2D eigenvalue weighted by Gasteiger charge is -2.13. The fourth-order valence-corrected chi connectivity index (χ4v) is 3.01. The second-order valence-electron chi connectivity index (χ2n) is 4.68. The summed E-state index contributed by atoms with van der Waals surface area (Å²) >= 11 is 9.55. The Morgan fingerprint density at radius 2 is 2.10 bits per heavy atom. The van der Waals surface area contributed by atoms with Crippen molar-refractivity contribution in [1.29, 1.82) is 0 Å². The molecule has 5 heteroatoms. The van der Waals surface area contributed by atoms with Crippen LogP contribution in [0.15, 0.2) is 28.7 Å². The van der Waals surface area contributed by atoms with Crippen LogP contribution in [0.4, 0.5) is 0 Å². The Bertz CT molecular complexity index is 598. The van der Waals surface area contributed by atoms with E-state index in [9.17, 15) is 5.11 Å². The fourth-order valence-electron chi connectivity index (χ4n) is 2.21. The highest BCUT2D eigenvalue weighted by atomic mass is 79.9. The first-order valence-electron chi connectivity index (χ1n) is 6.73. The summed E-state index contributed by atoms with van der Waals surface area (Å²) in [4.78, 5) is 0. The van der Waals surface area contributed by atoms with E-state index in [1.54, 1.807) is 6.07 Å². The lowest BCUT2D eigenvalue weighted by atomic mass is 10.0. The van der Waals surface area contributed by atoms with E-state index >= 15 is 0 Å². The molecule has 1 aromatic carbocycles. The summed E-state index contributed by atoms with van der Waals surface area (Å²) < 4.78 is 2.85.